The van der Waals surface area contributed by atoms with E-state index in [2.05, 4.69) is 111 Å². The molecule has 0 fully saturated rings. The number of hydrogen-bond donors (Lipinski definition) is 3. The molecule has 0 aliphatic heterocycles. The molecule has 7 aromatic carbocycles. The molecule has 270 valence electrons. The van der Waals surface area contributed by atoms with Crippen molar-refractivity contribution in [1.82, 2.24) is 0 Å². The maximum atomic E-state index is 10.1. The Morgan fingerprint density at radius 2 is 1.02 bits per heavy atom. The number of rotatable bonds is 13. The van der Waals surface area contributed by atoms with Crippen LogP contribution in [0, 0.1) is 0 Å². The molecule has 3 N–H and O–H groups in total. The van der Waals surface area contributed by atoms with Gasteiger partial charge in [-0.1, -0.05) is 179 Å². The third kappa shape index (κ3) is 10.5. The maximum absolute atomic E-state index is 10.1. The molecule has 52 heavy (non-hydrogen) atoms. The second-order valence-electron chi connectivity index (χ2n) is 13.8. The zero-order chi connectivity index (χ0) is 36.5. The topological polar surface area (TPSA) is 60.7 Å². The molecule has 3 nitrogen and oxygen atoms in total. The van der Waals surface area contributed by atoms with Gasteiger partial charge in [0.05, 0.1) is 12.2 Å². The lowest BCUT2D eigenvalue weighted by atomic mass is 9.96. The molecule has 3 heteroatoms. The summed E-state index contributed by atoms with van der Waals surface area (Å²) in [6.07, 6.45) is 9.72. The number of unbranched alkanes of at least 4 members (excludes halogenated alkanes) is 4. The molecule has 7 rings (SSSR count). The highest BCUT2D eigenvalue weighted by atomic mass is 16.3. The van der Waals surface area contributed by atoms with Crippen LogP contribution in [0.15, 0.2) is 140 Å². The van der Waals surface area contributed by atoms with Crippen LogP contribution in [0.4, 0.5) is 0 Å². The summed E-state index contributed by atoms with van der Waals surface area (Å²) in [5.74, 6) is 0. The number of fused-ring (bicyclic) bond motifs is 5. The van der Waals surface area contributed by atoms with Crippen molar-refractivity contribution in [3.63, 3.8) is 0 Å². The van der Waals surface area contributed by atoms with Gasteiger partial charge in [0, 0.05) is 6.61 Å². The van der Waals surface area contributed by atoms with Gasteiger partial charge in [0.15, 0.2) is 0 Å². The summed E-state index contributed by atoms with van der Waals surface area (Å²) in [6.45, 7) is 4.60. The highest BCUT2D eigenvalue weighted by Crippen LogP contribution is 2.29. The Balaban J connectivity index is 0.000000152. The highest BCUT2D eigenvalue weighted by Gasteiger charge is 2.10. The Morgan fingerprint density at radius 1 is 0.442 bits per heavy atom. The normalized spacial score (nSPS) is 12.2. The average molecular weight is 693 g/mol. The van der Waals surface area contributed by atoms with Crippen molar-refractivity contribution >= 4 is 43.1 Å². The molecule has 0 aromatic heterocycles. The Kier molecular flexibility index (Phi) is 15.2. The van der Waals surface area contributed by atoms with Gasteiger partial charge in [-0.15, -0.1) is 0 Å². The Labute approximate surface area is 310 Å². The third-order valence-corrected chi connectivity index (χ3v) is 9.98. The van der Waals surface area contributed by atoms with Crippen LogP contribution in [0.3, 0.4) is 0 Å². The fourth-order valence-corrected chi connectivity index (χ4v) is 7.00. The largest absolute Gasteiger partial charge is 0.396 e. The van der Waals surface area contributed by atoms with E-state index in [0.29, 0.717) is 6.61 Å². The second kappa shape index (κ2) is 20.5. The van der Waals surface area contributed by atoms with Gasteiger partial charge in [-0.3, -0.25) is 0 Å². The van der Waals surface area contributed by atoms with Crippen LogP contribution in [0.25, 0.3) is 43.1 Å². The van der Waals surface area contributed by atoms with E-state index < -0.39 is 0 Å². The Morgan fingerprint density at radius 3 is 1.75 bits per heavy atom. The summed E-state index contributed by atoms with van der Waals surface area (Å²) in [5.41, 5.74) is 3.52. The van der Waals surface area contributed by atoms with Crippen LogP contribution in [0.1, 0.15) is 101 Å². The molecule has 0 radical (unpaired) electrons. The van der Waals surface area contributed by atoms with Gasteiger partial charge in [0.1, 0.15) is 0 Å². The van der Waals surface area contributed by atoms with Gasteiger partial charge in [-0.05, 0) is 98.0 Å². The Hall–Kier alpha value is -4.54. The minimum atomic E-state index is -0.328. The van der Waals surface area contributed by atoms with Crippen LogP contribution < -0.4 is 0 Å². The van der Waals surface area contributed by atoms with Crippen molar-refractivity contribution < 1.29 is 15.3 Å². The number of aliphatic hydroxyl groups excluding tert-OH is 3. The van der Waals surface area contributed by atoms with Crippen molar-refractivity contribution in [3.05, 3.63) is 156 Å². The van der Waals surface area contributed by atoms with E-state index in [1.807, 2.05) is 42.5 Å². The third-order valence-electron chi connectivity index (χ3n) is 9.98. The Bertz CT molecular complexity index is 2100. The van der Waals surface area contributed by atoms with Crippen LogP contribution in [0.5, 0.6) is 0 Å². The molecular formula is C49H56O3. The van der Waals surface area contributed by atoms with E-state index >= 15 is 0 Å². The number of aryl methyl sites for hydroxylation is 1. The van der Waals surface area contributed by atoms with E-state index in [1.54, 1.807) is 0 Å². The van der Waals surface area contributed by atoms with Gasteiger partial charge in [-0.25, -0.2) is 0 Å². The van der Waals surface area contributed by atoms with E-state index in [0.717, 1.165) is 75.3 Å². The zero-order valence-electron chi connectivity index (χ0n) is 31.1. The first kappa shape index (κ1) is 38.7. The standard InChI is InChI=1S/C19H20O.2C15H18O/c20-14-5-1-2-7-15-9-6-11-19-17-10-4-3-8-16(17)12-13-18(15)19;1-2-3-11-15(16)14-10-6-8-12-7-4-5-9-13(12)14;1-2-3-8-15(16)14-10-9-12-6-4-5-7-13(12)11-14/h3-4,6,8-13,20H,1-2,5,7,14H2;4-10,15-16H,2-3,11H2,1H3;4-7,9-11,15-16H,2-3,8H2,1H3. The molecule has 0 amide bonds. The molecule has 2 atom stereocenters. The molecule has 7 aromatic rings. The van der Waals surface area contributed by atoms with Gasteiger partial charge in [-0.2, -0.15) is 0 Å². The van der Waals surface area contributed by atoms with Crippen LogP contribution in [-0.2, 0) is 6.42 Å². The van der Waals surface area contributed by atoms with Crippen molar-refractivity contribution in [1.29, 1.82) is 0 Å². The SMILES string of the molecule is CCCCC(O)c1ccc2ccccc2c1.CCCCC(O)c1cccc2ccccc12.OCCCCCc1cccc2c1ccc1ccccc12. The molecule has 0 aliphatic carbocycles. The van der Waals surface area contributed by atoms with Crippen LogP contribution >= 0.6 is 0 Å². The van der Waals surface area contributed by atoms with E-state index in [-0.39, 0.29) is 12.2 Å². The number of aliphatic hydroxyl groups is 3. The molecule has 0 saturated carbocycles. The monoisotopic (exact) mass is 692 g/mol. The van der Waals surface area contributed by atoms with Gasteiger partial charge < -0.3 is 15.3 Å². The molecule has 0 heterocycles. The van der Waals surface area contributed by atoms with Crippen molar-refractivity contribution in [3.8, 4) is 0 Å². The first-order valence-electron chi connectivity index (χ1n) is 19.4. The quantitative estimate of drug-likeness (QED) is 0.0833. The fraction of sp³-hybridized carbons (Fsp3) is 0.306. The molecule has 0 aliphatic rings. The van der Waals surface area contributed by atoms with E-state index in [9.17, 15) is 10.2 Å². The zero-order valence-corrected chi connectivity index (χ0v) is 31.1. The summed E-state index contributed by atoms with van der Waals surface area (Å²) in [6, 6.07) is 48.5. The maximum Gasteiger partial charge on any atom is 0.0796 e. The predicted molar refractivity (Wildman–Crippen MR) is 223 cm³/mol. The number of benzene rings is 7. The minimum absolute atomic E-state index is 0.306. The molecular weight excluding hydrogens is 637 g/mol. The van der Waals surface area contributed by atoms with Crippen LogP contribution in [0.2, 0.25) is 0 Å². The summed E-state index contributed by atoms with van der Waals surface area (Å²) in [7, 11) is 0. The average Bonchev–Trinajstić information content (AvgIpc) is 3.20. The van der Waals surface area contributed by atoms with Crippen molar-refractivity contribution in [2.75, 3.05) is 6.61 Å². The van der Waals surface area contributed by atoms with E-state index in [1.165, 1.54) is 48.7 Å². The summed E-state index contributed by atoms with van der Waals surface area (Å²) in [4.78, 5) is 0. The molecule has 0 bridgehead atoms. The van der Waals surface area contributed by atoms with Crippen LogP contribution in [-0.4, -0.2) is 21.9 Å². The fourth-order valence-electron chi connectivity index (χ4n) is 7.00. The summed E-state index contributed by atoms with van der Waals surface area (Å²) >= 11 is 0. The highest BCUT2D eigenvalue weighted by molar-refractivity contribution is 6.08. The van der Waals surface area contributed by atoms with Crippen molar-refractivity contribution in [2.45, 2.75) is 90.3 Å². The lowest BCUT2D eigenvalue weighted by molar-refractivity contribution is 0.164. The van der Waals surface area contributed by atoms with E-state index in [4.69, 9.17) is 5.11 Å². The first-order valence-corrected chi connectivity index (χ1v) is 19.4. The lowest BCUT2D eigenvalue weighted by Crippen LogP contribution is -1.98. The van der Waals surface area contributed by atoms with Gasteiger partial charge in [0.25, 0.3) is 0 Å². The lowest BCUT2D eigenvalue weighted by Gasteiger charge is -2.13. The minimum Gasteiger partial charge on any atom is -0.396 e. The molecule has 0 saturated heterocycles. The summed E-state index contributed by atoms with van der Waals surface area (Å²) < 4.78 is 0. The molecule has 0 spiro atoms. The molecule has 2 unspecified atom stereocenters. The second-order valence-corrected chi connectivity index (χ2v) is 13.8. The van der Waals surface area contributed by atoms with Gasteiger partial charge >= 0.3 is 0 Å². The number of hydrogen-bond acceptors (Lipinski definition) is 3. The van der Waals surface area contributed by atoms with Gasteiger partial charge in [0.2, 0.25) is 0 Å². The first-order chi connectivity index (χ1) is 25.5. The van der Waals surface area contributed by atoms with Crippen molar-refractivity contribution in [2.24, 2.45) is 0 Å². The summed E-state index contributed by atoms with van der Waals surface area (Å²) in [5, 5.41) is 39.2. The predicted octanol–water partition coefficient (Wildman–Crippen LogP) is 12.8. The smallest absolute Gasteiger partial charge is 0.0796 e.